The molecule has 0 spiro atoms. The van der Waals surface area contributed by atoms with Crippen LogP contribution in [0.4, 0.5) is 0 Å². The van der Waals surface area contributed by atoms with E-state index in [0.29, 0.717) is 12.2 Å². The molecule has 0 aromatic carbocycles. The fourth-order valence-corrected chi connectivity index (χ4v) is 9.81. The van der Waals surface area contributed by atoms with Gasteiger partial charge in [0.2, 0.25) is 5.91 Å². The molecule has 0 saturated carbocycles. The van der Waals surface area contributed by atoms with Crippen molar-refractivity contribution in [2.24, 2.45) is 0 Å². The van der Waals surface area contributed by atoms with Gasteiger partial charge in [-0.15, -0.1) is 0 Å². The summed E-state index contributed by atoms with van der Waals surface area (Å²) < 4.78 is 33.9. The summed E-state index contributed by atoms with van der Waals surface area (Å²) in [5.74, 6) is -0.515. The minimum absolute atomic E-state index is 0.0133. The summed E-state index contributed by atoms with van der Waals surface area (Å²) in [7, 11) is -1.56. The molecule has 0 radical (unpaired) electrons. The van der Waals surface area contributed by atoms with Gasteiger partial charge in [-0.05, 0) is 35.8 Å². The minimum Gasteiger partial charge on any atom is -0.462 e. The Morgan fingerprint density at radius 3 is 1.54 bits per heavy atom. The summed E-state index contributed by atoms with van der Waals surface area (Å²) in [5, 5.41) is 3.52. The van der Waals surface area contributed by atoms with Crippen LogP contribution in [-0.4, -0.2) is 65.9 Å². The predicted octanol–water partition coefficient (Wildman–Crippen LogP) is 14.4. The van der Waals surface area contributed by atoms with Crippen molar-refractivity contribution in [2.45, 2.75) is 237 Å². The van der Waals surface area contributed by atoms with E-state index in [2.05, 4.69) is 24.1 Å². The monoisotopic (exact) mass is 945 g/mol. The Bertz CT molecular complexity index is 1270. The van der Waals surface area contributed by atoms with Gasteiger partial charge in [-0.2, -0.15) is 0 Å². The molecule has 1 rings (SSSR count). The molecule has 11 nitrogen and oxygen atoms in total. The van der Waals surface area contributed by atoms with Gasteiger partial charge in [-0.1, -0.05) is 210 Å². The maximum absolute atomic E-state index is 12.8. The molecule has 0 aliphatic rings. The molecule has 366 valence electrons. The van der Waals surface area contributed by atoms with Gasteiger partial charge in [0.15, 0.2) is 6.10 Å². The zero-order chi connectivity index (χ0) is 45.7. The Morgan fingerprint density at radius 2 is 1.08 bits per heavy atom. The number of carbonyl (C=O) groups is 3. The Kier molecular flexibility index (Phi) is 41.7. The number of pyridine rings is 1. The minimum atomic E-state index is -4.55. The number of hydrogen-bond acceptors (Lipinski definition) is 11. The lowest BCUT2D eigenvalue weighted by Gasteiger charge is -2.20. The highest BCUT2D eigenvalue weighted by Crippen LogP contribution is 2.43. The van der Waals surface area contributed by atoms with Gasteiger partial charge in [-0.25, -0.2) is 9.55 Å². The normalized spacial score (nSPS) is 12.8. The molecule has 1 amide bonds. The van der Waals surface area contributed by atoms with E-state index < -0.39 is 32.5 Å². The molecule has 0 aliphatic carbocycles. The number of nitrogens with one attached hydrogen (secondary N) is 1. The quantitative estimate of drug-likeness (QED) is 0.0277. The van der Waals surface area contributed by atoms with Crippen molar-refractivity contribution in [1.82, 2.24) is 10.3 Å². The lowest BCUT2D eigenvalue weighted by Crippen LogP contribution is -2.30. The number of hydrogen-bond donors (Lipinski definition) is 2. The average Bonchev–Trinajstić information content (AvgIpc) is 3.28. The molecule has 1 aromatic rings. The Balaban J connectivity index is 2.34. The summed E-state index contributed by atoms with van der Waals surface area (Å²) in [5.41, 5.74) is 0. The molecule has 63 heavy (non-hydrogen) atoms. The number of phosphoric ester groups is 1. The molecule has 0 saturated heterocycles. The van der Waals surface area contributed by atoms with Crippen LogP contribution < -0.4 is 5.32 Å². The third-order valence-corrected chi connectivity index (χ3v) is 14.2. The SMILES string of the molecule is CCCCCCCCCCCCCCCCCC(=O)OC[C@H](COP(=O)(O)OCCNC(=O)CCSSc1ccccn1)OC(=O)CCCCCCCCCCCCCCCCC. The van der Waals surface area contributed by atoms with Crippen LogP contribution in [0.25, 0.3) is 0 Å². The van der Waals surface area contributed by atoms with Crippen LogP contribution in [0.5, 0.6) is 0 Å². The van der Waals surface area contributed by atoms with Gasteiger partial charge in [0.05, 0.1) is 13.2 Å². The summed E-state index contributed by atoms with van der Waals surface area (Å²) in [6.45, 7) is 3.50. The second-order valence-electron chi connectivity index (χ2n) is 17.0. The Labute approximate surface area is 391 Å². The number of unbranched alkanes of at least 4 members (excludes halogenated alkanes) is 28. The molecule has 2 N–H and O–H groups in total. The zero-order valence-electron chi connectivity index (χ0n) is 39.7. The first-order valence-electron chi connectivity index (χ1n) is 25.2. The van der Waals surface area contributed by atoms with Gasteiger partial charge < -0.3 is 19.7 Å². The third kappa shape index (κ3) is 41.5. The maximum Gasteiger partial charge on any atom is 0.472 e. The molecule has 0 bridgehead atoms. The molecule has 2 atom stereocenters. The van der Waals surface area contributed by atoms with Gasteiger partial charge >= 0.3 is 19.8 Å². The lowest BCUT2D eigenvalue weighted by molar-refractivity contribution is -0.161. The molecular formula is C49H89N2O9PS2. The van der Waals surface area contributed by atoms with Crippen LogP contribution in [0.15, 0.2) is 29.4 Å². The van der Waals surface area contributed by atoms with E-state index in [1.54, 1.807) is 6.20 Å². The van der Waals surface area contributed by atoms with Crippen LogP contribution >= 0.6 is 29.4 Å². The Morgan fingerprint density at radius 1 is 0.619 bits per heavy atom. The van der Waals surface area contributed by atoms with E-state index >= 15 is 0 Å². The molecule has 0 fully saturated rings. The van der Waals surface area contributed by atoms with Gasteiger partial charge in [0.1, 0.15) is 11.6 Å². The number of rotatable bonds is 47. The molecule has 0 aliphatic heterocycles. The van der Waals surface area contributed by atoms with E-state index in [1.165, 1.54) is 169 Å². The zero-order valence-corrected chi connectivity index (χ0v) is 42.2. The average molecular weight is 945 g/mol. The van der Waals surface area contributed by atoms with Crippen molar-refractivity contribution < 1.29 is 42.4 Å². The number of amides is 1. The fourth-order valence-electron chi connectivity index (χ4n) is 7.19. The van der Waals surface area contributed by atoms with Crippen molar-refractivity contribution >= 4 is 47.3 Å². The first kappa shape index (κ1) is 59.4. The molecule has 1 heterocycles. The number of aromatic nitrogens is 1. The van der Waals surface area contributed by atoms with Crippen LogP contribution in [-0.2, 0) is 37.5 Å². The van der Waals surface area contributed by atoms with Gasteiger partial charge in [0, 0.05) is 37.8 Å². The third-order valence-electron chi connectivity index (χ3n) is 11.0. The second-order valence-corrected chi connectivity index (χ2v) is 20.9. The van der Waals surface area contributed by atoms with Crippen LogP contribution in [0.3, 0.4) is 0 Å². The summed E-state index contributed by atoms with van der Waals surface area (Å²) in [6.07, 6.45) is 38.3. The molecular weight excluding hydrogens is 856 g/mol. The largest absolute Gasteiger partial charge is 0.472 e. The summed E-state index contributed by atoms with van der Waals surface area (Å²) in [4.78, 5) is 52.1. The lowest BCUT2D eigenvalue weighted by atomic mass is 10.0. The first-order valence-corrected chi connectivity index (χ1v) is 29.0. The van der Waals surface area contributed by atoms with Crippen molar-refractivity contribution in [3.63, 3.8) is 0 Å². The molecule has 1 aromatic heterocycles. The van der Waals surface area contributed by atoms with Gasteiger partial charge in [0.25, 0.3) is 0 Å². The number of esters is 2. The highest BCUT2D eigenvalue weighted by Gasteiger charge is 2.26. The summed E-state index contributed by atoms with van der Waals surface area (Å²) in [6, 6.07) is 5.64. The van der Waals surface area contributed by atoms with Crippen molar-refractivity contribution in [3.8, 4) is 0 Å². The van der Waals surface area contributed by atoms with Crippen molar-refractivity contribution in [3.05, 3.63) is 24.4 Å². The first-order chi connectivity index (χ1) is 30.8. The van der Waals surface area contributed by atoms with E-state index in [1.807, 2.05) is 18.2 Å². The molecule has 14 heteroatoms. The van der Waals surface area contributed by atoms with E-state index in [-0.39, 0.29) is 44.9 Å². The topological polar surface area (TPSA) is 150 Å². The standard InChI is InChI=1S/C49H89N2O9PS2/c1-3-5-7-9-11-13-15-17-19-21-23-25-27-29-31-36-48(53)57-43-45(60-49(54)37-32-30-28-26-24-22-20-18-16-14-12-10-8-6-4-2)44-59-61(55,56)58-41-40-50-46(52)38-42-62-63-47-35-33-34-39-51-47/h33-35,39,45H,3-32,36-38,40-44H2,1-2H3,(H,50,52)(H,55,56)/t45-/m1/s1. The maximum atomic E-state index is 12.8. The van der Waals surface area contributed by atoms with Gasteiger partial charge in [-0.3, -0.25) is 23.4 Å². The predicted molar refractivity (Wildman–Crippen MR) is 262 cm³/mol. The molecule has 1 unspecified atom stereocenters. The smallest absolute Gasteiger partial charge is 0.462 e. The number of nitrogens with zero attached hydrogens (tertiary/aromatic N) is 1. The van der Waals surface area contributed by atoms with Crippen molar-refractivity contribution in [1.29, 1.82) is 0 Å². The van der Waals surface area contributed by atoms with Crippen LogP contribution in [0.2, 0.25) is 0 Å². The highest BCUT2D eigenvalue weighted by molar-refractivity contribution is 8.76. The fraction of sp³-hybridized carbons (Fsp3) is 0.837. The number of phosphoric acid groups is 1. The van der Waals surface area contributed by atoms with E-state index in [9.17, 15) is 23.8 Å². The number of ether oxygens (including phenoxy) is 2. The van der Waals surface area contributed by atoms with Crippen LogP contribution in [0.1, 0.15) is 226 Å². The van der Waals surface area contributed by atoms with Crippen molar-refractivity contribution in [2.75, 3.05) is 32.1 Å². The van der Waals surface area contributed by atoms with E-state index in [4.69, 9.17) is 18.5 Å². The van der Waals surface area contributed by atoms with Crippen LogP contribution in [0, 0.1) is 0 Å². The van der Waals surface area contributed by atoms with E-state index in [0.717, 1.165) is 43.6 Å². The number of carbonyl (C=O) groups excluding carboxylic acids is 3. The Hall–Kier alpha value is -1.63. The highest BCUT2D eigenvalue weighted by atomic mass is 33.1. The second kappa shape index (κ2) is 44.2. The summed E-state index contributed by atoms with van der Waals surface area (Å²) >= 11 is 0.